The van der Waals surface area contributed by atoms with Crippen molar-refractivity contribution in [3.05, 3.63) is 70.1 Å². The normalized spacial score (nSPS) is 35.5. The van der Waals surface area contributed by atoms with Crippen molar-refractivity contribution in [2.24, 2.45) is 16.7 Å². The van der Waals surface area contributed by atoms with Crippen molar-refractivity contribution in [3.63, 3.8) is 0 Å². The maximum Gasteiger partial charge on any atom is 0.340 e. The van der Waals surface area contributed by atoms with Gasteiger partial charge in [0, 0.05) is 49.9 Å². The number of benzene rings is 1. The summed E-state index contributed by atoms with van der Waals surface area (Å²) in [6.45, 7) is 6.48. The van der Waals surface area contributed by atoms with E-state index in [-0.39, 0.29) is 23.7 Å². The summed E-state index contributed by atoms with van der Waals surface area (Å²) in [4.78, 5) is 42.3. The van der Waals surface area contributed by atoms with E-state index in [1.807, 2.05) is 32.0 Å². The van der Waals surface area contributed by atoms with Crippen molar-refractivity contribution in [3.8, 4) is 0 Å². The molecule has 2 N–H and O–H groups in total. The lowest BCUT2D eigenvalue weighted by Gasteiger charge is -2.54. The molecule has 0 radical (unpaired) electrons. The van der Waals surface area contributed by atoms with Crippen molar-refractivity contribution < 1.29 is 38.8 Å². The van der Waals surface area contributed by atoms with E-state index in [1.165, 1.54) is 19.6 Å². The van der Waals surface area contributed by atoms with Gasteiger partial charge in [-0.2, -0.15) is 0 Å². The number of ketones is 1. The van der Waals surface area contributed by atoms with Crippen molar-refractivity contribution in [1.29, 1.82) is 0 Å². The summed E-state index contributed by atoms with van der Waals surface area (Å²) in [5, 5.41) is 22.7. The average molecular weight is 592 g/mol. The molecule has 2 aliphatic heterocycles. The number of nitrogens with zero attached hydrogens (tertiary/aromatic N) is 1. The molecule has 1 unspecified atom stereocenters. The number of allylic oxidation sites excluding steroid dienone is 1. The minimum absolute atomic E-state index is 0.0110. The van der Waals surface area contributed by atoms with Gasteiger partial charge in [-0.1, -0.05) is 37.3 Å². The number of carbonyl (C=O) groups is 3. The third-order valence-corrected chi connectivity index (χ3v) is 10.8. The number of hydrogen-bond acceptors (Lipinski definition) is 9. The Balaban J connectivity index is 1.44. The maximum atomic E-state index is 14.2. The number of likely N-dealkylation sites (tertiary alicyclic amines) is 1. The maximum absolute atomic E-state index is 14.2. The number of rotatable bonds is 5. The Morgan fingerprint density at radius 3 is 2.47 bits per heavy atom. The SMILES string of the molecule is COC[C@H]1OC(=O)/C(=C/N2CCC(c3ccccc3)CC2)C2=C(O)C(=O)C3=C([C@H](OC(C)=O)C[C@@]4(C)C3CC[C@@H]4O)[C@]21C. The molecule has 0 amide bonds. The number of Topliss-reactive ketones (excluding diaryl/α,β-unsaturated/α-hetero) is 1. The molecule has 5 aliphatic rings. The molecule has 2 saturated heterocycles. The first kappa shape index (κ1) is 29.6. The number of carbonyl (C=O) groups excluding carboxylic acids is 3. The summed E-state index contributed by atoms with van der Waals surface area (Å²) in [6.07, 6.45) is 2.45. The van der Waals surface area contributed by atoms with Crippen LogP contribution in [0, 0.1) is 16.7 Å². The van der Waals surface area contributed by atoms with E-state index in [1.54, 1.807) is 6.20 Å². The highest BCUT2D eigenvalue weighted by Gasteiger charge is 2.64. The Labute approximate surface area is 252 Å². The number of aliphatic hydroxyl groups is 2. The zero-order valence-corrected chi connectivity index (χ0v) is 25.3. The Morgan fingerprint density at radius 1 is 1.12 bits per heavy atom. The molecule has 1 saturated carbocycles. The fourth-order valence-electron chi connectivity index (χ4n) is 8.54. The zero-order valence-electron chi connectivity index (χ0n) is 25.3. The second-order valence-electron chi connectivity index (χ2n) is 13.1. The van der Waals surface area contributed by atoms with Crippen LogP contribution in [0.4, 0.5) is 0 Å². The van der Waals surface area contributed by atoms with Gasteiger partial charge in [0.1, 0.15) is 12.2 Å². The third kappa shape index (κ3) is 4.63. The van der Waals surface area contributed by atoms with Crippen LogP contribution in [-0.2, 0) is 28.6 Å². The predicted octanol–water partition coefficient (Wildman–Crippen LogP) is 4.13. The summed E-state index contributed by atoms with van der Waals surface area (Å²) in [6, 6.07) is 10.4. The Kier molecular flexibility index (Phi) is 7.53. The van der Waals surface area contributed by atoms with Gasteiger partial charge in [-0.15, -0.1) is 0 Å². The summed E-state index contributed by atoms with van der Waals surface area (Å²) in [5.74, 6) is -2.16. The lowest BCUT2D eigenvalue weighted by atomic mass is 9.53. The molecule has 6 atom stereocenters. The van der Waals surface area contributed by atoms with E-state index >= 15 is 0 Å². The Bertz CT molecular complexity index is 1420. The average Bonchev–Trinajstić information content (AvgIpc) is 3.27. The van der Waals surface area contributed by atoms with Gasteiger partial charge in [0.25, 0.3) is 0 Å². The summed E-state index contributed by atoms with van der Waals surface area (Å²) < 4.78 is 17.4. The molecule has 230 valence electrons. The Morgan fingerprint density at radius 2 is 1.81 bits per heavy atom. The van der Waals surface area contributed by atoms with Gasteiger partial charge in [-0.3, -0.25) is 9.59 Å². The van der Waals surface area contributed by atoms with E-state index < -0.39 is 52.6 Å². The van der Waals surface area contributed by atoms with Gasteiger partial charge < -0.3 is 29.3 Å². The van der Waals surface area contributed by atoms with Crippen molar-refractivity contribution in [1.82, 2.24) is 4.90 Å². The van der Waals surface area contributed by atoms with Gasteiger partial charge in [0.2, 0.25) is 5.78 Å². The molecule has 3 aliphatic carbocycles. The minimum atomic E-state index is -1.21. The van der Waals surface area contributed by atoms with Gasteiger partial charge in [-0.25, -0.2) is 4.79 Å². The number of methoxy groups -OCH3 is 1. The summed E-state index contributed by atoms with van der Waals surface area (Å²) in [5.41, 5.74) is 0.596. The fraction of sp³-hybridized carbons (Fsp3) is 0.559. The second kappa shape index (κ2) is 10.9. The van der Waals surface area contributed by atoms with Crippen LogP contribution in [0.2, 0.25) is 0 Å². The third-order valence-electron chi connectivity index (χ3n) is 10.8. The molecule has 1 aromatic rings. The highest BCUT2D eigenvalue weighted by atomic mass is 16.6. The molecule has 0 spiro atoms. The lowest BCUT2D eigenvalue weighted by molar-refractivity contribution is -0.161. The zero-order chi connectivity index (χ0) is 30.7. The first-order valence-electron chi connectivity index (χ1n) is 15.3. The highest BCUT2D eigenvalue weighted by Crippen LogP contribution is 2.63. The van der Waals surface area contributed by atoms with Crippen LogP contribution in [0.1, 0.15) is 64.4 Å². The monoisotopic (exact) mass is 591 g/mol. The number of aliphatic hydroxyl groups excluding tert-OH is 2. The first-order valence-corrected chi connectivity index (χ1v) is 15.3. The van der Waals surface area contributed by atoms with Crippen LogP contribution < -0.4 is 0 Å². The van der Waals surface area contributed by atoms with Crippen LogP contribution in [0.15, 0.2) is 64.6 Å². The number of ether oxygens (including phenoxy) is 3. The Hall–Kier alpha value is -3.43. The van der Waals surface area contributed by atoms with Crippen LogP contribution in [-0.4, -0.2) is 78.0 Å². The van der Waals surface area contributed by atoms with E-state index in [0.29, 0.717) is 49.4 Å². The van der Waals surface area contributed by atoms with E-state index in [0.717, 1.165) is 12.8 Å². The fourth-order valence-corrected chi connectivity index (χ4v) is 8.54. The topological polar surface area (TPSA) is 123 Å². The lowest BCUT2D eigenvalue weighted by Crippen LogP contribution is -2.57. The van der Waals surface area contributed by atoms with Gasteiger partial charge >= 0.3 is 11.9 Å². The van der Waals surface area contributed by atoms with Gasteiger partial charge in [0.15, 0.2) is 5.76 Å². The molecule has 3 fully saturated rings. The molecular formula is C34H41NO8. The van der Waals surface area contributed by atoms with Crippen LogP contribution in [0.25, 0.3) is 0 Å². The van der Waals surface area contributed by atoms with E-state index in [9.17, 15) is 24.6 Å². The summed E-state index contributed by atoms with van der Waals surface area (Å²) >= 11 is 0. The van der Waals surface area contributed by atoms with Crippen molar-refractivity contribution in [2.75, 3.05) is 26.8 Å². The highest BCUT2D eigenvalue weighted by molar-refractivity contribution is 6.13. The molecule has 43 heavy (non-hydrogen) atoms. The molecule has 2 heterocycles. The van der Waals surface area contributed by atoms with Crippen molar-refractivity contribution >= 4 is 17.7 Å². The van der Waals surface area contributed by atoms with Crippen LogP contribution in [0.5, 0.6) is 0 Å². The van der Waals surface area contributed by atoms with Crippen LogP contribution in [0.3, 0.4) is 0 Å². The largest absolute Gasteiger partial charge is 0.504 e. The summed E-state index contributed by atoms with van der Waals surface area (Å²) in [7, 11) is 1.50. The second-order valence-corrected chi connectivity index (χ2v) is 13.1. The molecule has 9 heteroatoms. The predicted molar refractivity (Wildman–Crippen MR) is 157 cm³/mol. The van der Waals surface area contributed by atoms with E-state index in [2.05, 4.69) is 17.0 Å². The molecule has 0 aromatic heterocycles. The molecule has 6 rings (SSSR count). The number of piperidine rings is 1. The van der Waals surface area contributed by atoms with Crippen LogP contribution >= 0.6 is 0 Å². The quantitative estimate of drug-likeness (QED) is 0.384. The first-order chi connectivity index (χ1) is 20.5. The number of fused-ring (bicyclic) bond motifs is 4. The number of esters is 2. The minimum Gasteiger partial charge on any atom is -0.504 e. The van der Waals surface area contributed by atoms with Crippen molar-refractivity contribution in [2.45, 2.75) is 77.1 Å². The standard InChI is InChI=1S/C34H41NO8/c1-19(36)42-24-16-33(2)23(10-11-25(33)37)27-29(24)34(3)26(18-41-4)43-32(40)22(28(34)31(39)30(27)38)17-35-14-12-21(13-15-35)20-8-6-5-7-9-20/h5-9,17,21,23-26,37,39H,10-16,18H2,1-4H3/b22-17+/t23?,24-,25+,26-,33+,34+/m1/s1. The molecule has 9 nitrogen and oxygen atoms in total. The number of hydrogen-bond donors (Lipinski definition) is 2. The molecule has 1 aromatic carbocycles. The smallest absolute Gasteiger partial charge is 0.340 e. The molecule has 0 bridgehead atoms. The number of cyclic esters (lactones) is 1. The molecular weight excluding hydrogens is 550 g/mol. The van der Waals surface area contributed by atoms with E-state index in [4.69, 9.17) is 14.2 Å². The van der Waals surface area contributed by atoms with Gasteiger partial charge in [0.05, 0.1) is 23.7 Å². The van der Waals surface area contributed by atoms with Gasteiger partial charge in [-0.05, 0) is 62.0 Å².